The second-order valence-electron chi connectivity index (χ2n) is 5.98. The van der Waals surface area contributed by atoms with Gasteiger partial charge in [-0.1, -0.05) is 58.4 Å². The molecule has 2 amide bonds. The second kappa shape index (κ2) is 9.19. The average molecular weight is 427 g/mol. The Hall–Kier alpha value is -2.86. The van der Waals surface area contributed by atoms with Crippen molar-refractivity contribution in [2.45, 2.75) is 6.54 Å². The summed E-state index contributed by atoms with van der Waals surface area (Å²) in [7, 11) is 0. The van der Waals surface area contributed by atoms with E-state index in [2.05, 4.69) is 26.6 Å². The van der Waals surface area contributed by atoms with Gasteiger partial charge in [0.25, 0.3) is 5.91 Å². The maximum atomic E-state index is 11.9. The Morgan fingerprint density at radius 1 is 0.852 bits per heavy atom. The van der Waals surface area contributed by atoms with Crippen LogP contribution in [0.3, 0.4) is 0 Å². The fourth-order valence-corrected chi connectivity index (χ4v) is 2.90. The number of carbonyl (C=O) groups is 2. The molecule has 0 bridgehead atoms. The molecule has 0 aliphatic heterocycles. The number of halogens is 1. The van der Waals surface area contributed by atoms with E-state index < -0.39 is 0 Å². The predicted molar refractivity (Wildman–Crippen MR) is 108 cm³/mol. The van der Waals surface area contributed by atoms with Crippen molar-refractivity contribution in [1.29, 1.82) is 0 Å². The quantitative estimate of drug-likeness (QED) is 0.608. The van der Waals surface area contributed by atoms with E-state index in [0.717, 1.165) is 20.8 Å². The minimum absolute atomic E-state index is 0.0826. The Bertz CT molecular complexity index is 945. The van der Waals surface area contributed by atoms with E-state index in [1.807, 2.05) is 66.7 Å². The van der Waals surface area contributed by atoms with Crippen LogP contribution >= 0.6 is 15.9 Å². The van der Waals surface area contributed by atoms with Gasteiger partial charge in [-0.2, -0.15) is 0 Å². The van der Waals surface area contributed by atoms with E-state index in [9.17, 15) is 9.59 Å². The summed E-state index contributed by atoms with van der Waals surface area (Å²) in [4.78, 5) is 23.7. The molecule has 0 spiro atoms. The minimum atomic E-state index is -0.347. The number of hydrogen-bond acceptors (Lipinski definition) is 3. The van der Waals surface area contributed by atoms with Gasteiger partial charge in [0.1, 0.15) is 5.75 Å². The standard InChI is InChI=1S/C21H19BrN2O3/c22-18-8-6-17-11-19(9-7-16(17)10-18)27-14-21(26)24-13-20(25)23-12-15-4-2-1-3-5-15/h1-11H,12-14H2,(H,23,25)(H,24,26). The molecule has 0 aliphatic carbocycles. The monoisotopic (exact) mass is 426 g/mol. The van der Waals surface area contributed by atoms with E-state index in [0.29, 0.717) is 12.3 Å². The first-order valence-electron chi connectivity index (χ1n) is 8.49. The summed E-state index contributed by atoms with van der Waals surface area (Å²) in [5.74, 6) is 0.0118. The Morgan fingerprint density at radius 3 is 2.41 bits per heavy atom. The topological polar surface area (TPSA) is 67.4 Å². The van der Waals surface area contributed by atoms with Crippen LogP contribution in [0.15, 0.2) is 71.2 Å². The summed E-state index contributed by atoms with van der Waals surface area (Å²) in [6, 6.07) is 21.2. The second-order valence-corrected chi connectivity index (χ2v) is 6.90. The number of fused-ring (bicyclic) bond motifs is 1. The third kappa shape index (κ3) is 5.82. The highest BCUT2D eigenvalue weighted by Crippen LogP contribution is 2.24. The van der Waals surface area contributed by atoms with Gasteiger partial charge in [-0.25, -0.2) is 0 Å². The maximum absolute atomic E-state index is 11.9. The van der Waals surface area contributed by atoms with Crippen LogP contribution in [0.2, 0.25) is 0 Å². The summed E-state index contributed by atoms with van der Waals surface area (Å²) < 4.78 is 6.52. The Labute approximate surface area is 165 Å². The Morgan fingerprint density at radius 2 is 1.59 bits per heavy atom. The number of benzene rings is 3. The van der Waals surface area contributed by atoms with E-state index in [1.165, 1.54) is 0 Å². The molecule has 3 aromatic rings. The van der Waals surface area contributed by atoms with Crippen LogP contribution in [0.4, 0.5) is 0 Å². The van der Waals surface area contributed by atoms with Gasteiger partial charge in [0, 0.05) is 11.0 Å². The number of nitrogens with one attached hydrogen (secondary N) is 2. The molecule has 0 radical (unpaired) electrons. The van der Waals surface area contributed by atoms with Gasteiger partial charge in [0.2, 0.25) is 5.91 Å². The third-order valence-corrected chi connectivity index (χ3v) is 4.42. The first-order chi connectivity index (χ1) is 13.1. The highest BCUT2D eigenvalue weighted by Gasteiger charge is 2.07. The van der Waals surface area contributed by atoms with Crippen molar-refractivity contribution >= 4 is 38.5 Å². The molecule has 138 valence electrons. The molecule has 0 heterocycles. The largest absolute Gasteiger partial charge is 0.484 e. The van der Waals surface area contributed by atoms with Crippen LogP contribution in [-0.4, -0.2) is 25.0 Å². The van der Waals surface area contributed by atoms with Crippen LogP contribution in [0.1, 0.15) is 5.56 Å². The van der Waals surface area contributed by atoms with Crippen LogP contribution in [0.25, 0.3) is 10.8 Å². The summed E-state index contributed by atoms with van der Waals surface area (Å²) in [6.07, 6.45) is 0. The van der Waals surface area contributed by atoms with Gasteiger partial charge in [0.15, 0.2) is 6.61 Å². The molecular formula is C21H19BrN2O3. The fourth-order valence-electron chi connectivity index (χ4n) is 2.52. The zero-order chi connectivity index (χ0) is 19.1. The zero-order valence-electron chi connectivity index (χ0n) is 14.6. The van der Waals surface area contributed by atoms with Crippen LogP contribution < -0.4 is 15.4 Å². The lowest BCUT2D eigenvalue weighted by Gasteiger charge is -2.09. The first kappa shape index (κ1) is 18.9. The Balaban J connectivity index is 1.41. The maximum Gasteiger partial charge on any atom is 0.258 e. The van der Waals surface area contributed by atoms with Crippen molar-refractivity contribution < 1.29 is 14.3 Å². The fraction of sp³-hybridized carbons (Fsp3) is 0.143. The molecule has 3 aromatic carbocycles. The van der Waals surface area contributed by atoms with Crippen molar-refractivity contribution in [3.8, 4) is 5.75 Å². The summed E-state index contributed by atoms with van der Waals surface area (Å²) in [6.45, 7) is 0.202. The van der Waals surface area contributed by atoms with Gasteiger partial charge in [-0.3, -0.25) is 9.59 Å². The van der Waals surface area contributed by atoms with Crippen molar-refractivity contribution in [3.05, 3.63) is 76.8 Å². The van der Waals surface area contributed by atoms with E-state index in [-0.39, 0.29) is 25.0 Å². The van der Waals surface area contributed by atoms with Gasteiger partial charge in [-0.05, 0) is 40.6 Å². The van der Waals surface area contributed by atoms with Gasteiger partial charge >= 0.3 is 0 Å². The number of ether oxygens (including phenoxy) is 1. The molecule has 2 N–H and O–H groups in total. The van der Waals surface area contributed by atoms with Crippen molar-refractivity contribution in [3.63, 3.8) is 0 Å². The Kier molecular flexibility index (Phi) is 6.44. The highest BCUT2D eigenvalue weighted by atomic mass is 79.9. The lowest BCUT2D eigenvalue weighted by Crippen LogP contribution is -2.38. The van der Waals surface area contributed by atoms with Gasteiger partial charge < -0.3 is 15.4 Å². The summed E-state index contributed by atoms with van der Waals surface area (Å²) >= 11 is 3.44. The van der Waals surface area contributed by atoms with Crippen LogP contribution in [0, 0.1) is 0 Å². The molecular weight excluding hydrogens is 408 g/mol. The van der Waals surface area contributed by atoms with Crippen molar-refractivity contribution in [2.75, 3.05) is 13.2 Å². The lowest BCUT2D eigenvalue weighted by molar-refractivity contribution is -0.127. The van der Waals surface area contributed by atoms with Crippen LogP contribution in [0.5, 0.6) is 5.75 Å². The van der Waals surface area contributed by atoms with Gasteiger partial charge in [-0.15, -0.1) is 0 Å². The summed E-state index contributed by atoms with van der Waals surface area (Å²) in [5, 5.41) is 7.41. The average Bonchev–Trinajstić information content (AvgIpc) is 2.69. The normalized spacial score (nSPS) is 10.4. The first-order valence-corrected chi connectivity index (χ1v) is 9.29. The predicted octanol–water partition coefficient (Wildman–Crippen LogP) is 3.41. The molecule has 5 nitrogen and oxygen atoms in total. The molecule has 0 atom stereocenters. The van der Waals surface area contributed by atoms with E-state index in [4.69, 9.17) is 4.74 Å². The van der Waals surface area contributed by atoms with Crippen molar-refractivity contribution in [2.24, 2.45) is 0 Å². The molecule has 0 fully saturated rings. The lowest BCUT2D eigenvalue weighted by atomic mass is 10.1. The SMILES string of the molecule is O=C(CNC(=O)COc1ccc2cc(Br)ccc2c1)NCc1ccccc1. The number of rotatable bonds is 7. The number of amides is 2. The van der Waals surface area contributed by atoms with E-state index in [1.54, 1.807) is 0 Å². The molecule has 0 saturated heterocycles. The molecule has 3 rings (SSSR count). The number of hydrogen-bond donors (Lipinski definition) is 2. The molecule has 0 saturated carbocycles. The summed E-state index contributed by atoms with van der Waals surface area (Å²) in [5.41, 5.74) is 1.00. The smallest absolute Gasteiger partial charge is 0.258 e. The molecule has 0 aromatic heterocycles. The molecule has 6 heteroatoms. The van der Waals surface area contributed by atoms with Gasteiger partial charge in [0.05, 0.1) is 6.54 Å². The third-order valence-electron chi connectivity index (χ3n) is 3.92. The van der Waals surface area contributed by atoms with E-state index >= 15 is 0 Å². The number of carbonyl (C=O) groups excluding carboxylic acids is 2. The minimum Gasteiger partial charge on any atom is -0.484 e. The molecule has 0 unspecified atom stereocenters. The molecule has 27 heavy (non-hydrogen) atoms. The zero-order valence-corrected chi connectivity index (χ0v) is 16.2. The highest BCUT2D eigenvalue weighted by molar-refractivity contribution is 9.10. The molecule has 0 aliphatic rings. The van der Waals surface area contributed by atoms with Crippen molar-refractivity contribution in [1.82, 2.24) is 10.6 Å². The van der Waals surface area contributed by atoms with Crippen LogP contribution in [-0.2, 0) is 16.1 Å².